The van der Waals surface area contributed by atoms with Gasteiger partial charge < -0.3 is 0 Å². The average Bonchev–Trinajstić information content (AvgIpc) is 2.19. The van der Waals surface area contributed by atoms with E-state index in [1.807, 2.05) is 30.3 Å². The lowest BCUT2D eigenvalue weighted by Crippen LogP contribution is -2.26. The van der Waals surface area contributed by atoms with Crippen LogP contribution in [0.15, 0.2) is 35.2 Å². The molecule has 0 atom stereocenters. The molecule has 0 aliphatic heterocycles. The molecule has 5 heteroatoms. The summed E-state index contributed by atoms with van der Waals surface area (Å²) in [5, 5.41) is 0. The lowest BCUT2D eigenvalue weighted by atomic mass is 10.4. The molecule has 1 aromatic carbocycles. The SMILES string of the molecule is CN(C)S(=O)(=O)CCSc1ccccc1. The lowest BCUT2D eigenvalue weighted by Gasteiger charge is -2.10. The Hall–Kier alpha value is -0.520. The molecule has 0 unspecified atom stereocenters. The average molecular weight is 245 g/mol. The Labute approximate surface area is 95.5 Å². The number of thioether (sulfide) groups is 1. The maximum absolute atomic E-state index is 11.4. The fourth-order valence-corrected chi connectivity index (χ4v) is 3.09. The molecule has 84 valence electrons. The van der Waals surface area contributed by atoms with Crippen molar-refractivity contribution in [3.63, 3.8) is 0 Å². The summed E-state index contributed by atoms with van der Waals surface area (Å²) in [5.41, 5.74) is 0. The van der Waals surface area contributed by atoms with Crippen LogP contribution in [-0.2, 0) is 10.0 Å². The van der Waals surface area contributed by atoms with Crippen LogP contribution in [0.4, 0.5) is 0 Å². The number of sulfonamides is 1. The minimum absolute atomic E-state index is 0.180. The first kappa shape index (κ1) is 12.5. The summed E-state index contributed by atoms with van der Waals surface area (Å²) in [4.78, 5) is 1.10. The van der Waals surface area contributed by atoms with Crippen LogP contribution in [0.5, 0.6) is 0 Å². The molecular formula is C10H15NO2S2. The number of benzene rings is 1. The standard InChI is InChI=1S/C10H15NO2S2/c1-11(2)15(12,13)9-8-14-10-6-4-3-5-7-10/h3-7H,8-9H2,1-2H3. The van der Waals surface area contributed by atoms with Crippen LogP contribution < -0.4 is 0 Å². The fourth-order valence-electron chi connectivity index (χ4n) is 0.964. The van der Waals surface area contributed by atoms with Gasteiger partial charge in [-0.25, -0.2) is 12.7 Å². The number of hydrogen-bond acceptors (Lipinski definition) is 3. The molecule has 0 bridgehead atoms. The van der Waals surface area contributed by atoms with Crippen molar-refractivity contribution in [1.29, 1.82) is 0 Å². The zero-order chi connectivity index (χ0) is 11.3. The molecule has 1 aromatic rings. The second-order valence-electron chi connectivity index (χ2n) is 3.26. The predicted molar refractivity (Wildman–Crippen MR) is 64.6 cm³/mol. The third kappa shape index (κ3) is 4.24. The van der Waals surface area contributed by atoms with Crippen LogP contribution in [0.3, 0.4) is 0 Å². The van der Waals surface area contributed by atoms with Crippen LogP contribution in [0.2, 0.25) is 0 Å². The van der Waals surface area contributed by atoms with Gasteiger partial charge in [0.2, 0.25) is 10.0 Å². The van der Waals surface area contributed by atoms with Crippen LogP contribution in [0, 0.1) is 0 Å². The molecule has 15 heavy (non-hydrogen) atoms. The van der Waals surface area contributed by atoms with E-state index in [-0.39, 0.29) is 5.75 Å². The Bertz CT molecular complexity index is 387. The molecule has 3 nitrogen and oxygen atoms in total. The van der Waals surface area contributed by atoms with Crippen molar-refractivity contribution in [2.24, 2.45) is 0 Å². The van der Waals surface area contributed by atoms with E-state index in [4.69, 9.17) is 0 Å². The van der Waals surface area contributed by atoms with Crippen LogP contribution in [0.25, 0.3) is 0 Å². The van der Waals surface area contributed by atoms with E-state index >= 15 is 0 Å². The van der Waals surface area contributed by atoms with E-state index < -0.39 is 10.0 Å². The van der Waals surface area contributed by atoms with E-state index in [0.29, 0.717) is 5.75 Å². The molecule has 1 rings (SSSR count). The zero-order valence-electron chi connectivity index (χ0n) is 8.88. The molecule has 0 N–H and O–H groups in total. The molecule has 0 heterocycles. The van der Waals surface area contributed by atoms with Gasteiger partial charge in [0.1, 0.15) is 0 Å². The van der Waals surface area contributed by atoms with Crippen molar-refractivity contribution in [1.82, 2.24) is 4.31 Å². The van der Waals surface area contributed by atoms with Gasteiger partial charge in [0, 0.05) is 24.7 Å². The molecule has 0 fully saturated rings. The van der Waals surface area contributed by atoms with Crippen molar-refractivity contribution in [2.75, 3.05) is 25.6 Å². The van der Waals surface area contributed by atoms with Crippen LogP contribution in [0.1, 0.15) is 0 Å². The number of hydrogen-bond donors (Lipinski definition) is 0. The maximum Gasteiger partial charge on any atom is 0.214 e. The van der Waals surface area contributed by atoms with Crippen molar-refractivity contribution in [2.45, 2.75) is 4.90 Å². The second-order valence-corrected chi connectivity index (χ2v) is 6.73. The fraction of sp³-hybridized carbons (Fsp3) is 0.400. The third-order valence-electron chi connectivity index (χ3n) is 1.91. The van der Waals surface area contributed by atoms with Crippen molar-refractivity contribution in [3.05, 3.63) is 30.3 Å². The predicted octanol–water partition coefficient (Wildman–Crippen LogP) is 1.67. The first-order valence-electron chi connectivity index (χ1n) is 4.60. The minimum Gasteiger partial charge on any atom is -0.212 e. The quantitative estimate of drug-likeness (QED) is 0.741. The van der Waals surface area contributed by atoms with Gasteiger partial charge in [-0.2, -0.15) is 0 Å². The first-order chi connectivity index (χ1) is 7.02. The van der Waals surface area contributed by atoms with Gasteiger partial charge in [0.15, 0.2) is 0 Å². The van der Waals surface area contributed by atoms with E-state index in [0.717, 1.165) is 4.90 Å². The van der Waals surface area contributed by atoms with Gasteiger partial charge in [-0.15, -0.1) is 11.8 Å². The zero-order valence-corrected chi connectivity index (χ0v) is 10.5. The van der Waals surface area contributed by atoms with Gasteiger partial charge in [-0.1, -0.05) is 18.2 Å². The summed E-state index contributed by atoms with van der Waals surface area (Å²) in [6.45, 7) is 0. The minimum atomic E-state index is -3.06. The number of rotatable bonds is 5. The molecule has 0 saturated carbocycles. The van der Waals surface area contributed by atoms with E-state index in [9.17, 15) is 8.42 Å². The van der Waals surface area contributed by atoms with Gasteiger partial charge in [0.25, 0.3) is 0 Å². The Balaban J connectivity index is 2.41. The monoisotopic (exact) mass is 245 g/mol. The van der Waals surface area contributed by atoms with Gasteiger partial charge in [0.05, 0.1) is 5.75 Å². The van der Waals surface area contributed by atoms with E-state index in [1.165, 1.54) is 4.31 Å². The van der Waals surface area contributed by atoms with Gasteiger partial charge in [-0.05, 0) is 12.1 Å². The topological polar surface area (TPSA) is 37.4 Å². The second kappa shape index (κ2) is 5.53. The molecular weight excluding hydrogens is 230 g/mol. The largest absolute Gasteiger partial charge is 0.214 e. The highest BCUT2D eigenvalue weighted by molar-refractivity contribution is 8.00. The summed E-state index contributed by atoms with van der Waals surface area (Å²) in [7, 11) is 0.0603. The Kier molecular flexibility index (Phi) is 4.63. The normalized spacial score (nSPS) is 11.9. The molecule has 0 spiro atoms. The molecule has 0 radical (unpaired) electrons. The summed E-state index contributed by atoms with van der Waals surface area (Å²) < 4.78 is 24.1. The Morgan fingerprint density at radius 3 is 2.33 bits per heavy atom. The number of nitrogens with zero attached hydrogens (tertiary/aromatic N) is 1. The lowest BCUT2D eigenvalue weighted by molar-refractivity contribution is 0.522. The van der Waals surface area contributed by atoms with Crippen LogP contribution in [-0.4, -0.2) is 38.3 Å². The van der Waals surface area contributed by atoms with Crippen LogP contribution >= 0.6 is 11.8 Å². The van der Waals surface area contributed by atoms with Gasteiger partial charge >= 0.3 is 0 Å². The highest BCUT2D eigenvalue weighted by atomic mass is 32.2. The van der Waals surface area contributed by atoms with Crippen molar-refractivity contribution < 1.29 is 8.42 Å². The summed E-state index contributed by atoms with van der Waals surface area (Å²) in [6, 6.07) is 9.80. The molecule has 0 aromatic heterocycles. The van der Waals surface area contributed by atoms with Crippen molar-refractivity contribution >= 4 is 21.8 Å². The molecule has 0 aliphatic rings. The Morgan fingerprint density at radius 1 is 1.20 bits per heavy atom. The Morgan fingerprint density at radius 2 is 1.80 bits per heavy atom. The third-order valence-corrected chi connectivity index (χ3v) is 5.01. The maximum atomic E-state index is 11.4. The van der Waals surface area contributed by atoms with Gasteiger partial charge in [-0.3, -0.25) is 0 Å². The van der Waals surface area contributed by atoms with Crippen molar-refractivity contribution in [3.8, 4) is 0 Å². The first-order valence-corrected chi connectivity index (χ1v) is 7.20. The smallest absolute Gasteiger partial charge is 0.212 e. The molecule has 0 aliphatic carbocycles. The molecule has 0 saturated heterocycles. The summed E-state index contributed by atoms with van der Waals surface area (Å²) in [5.74, 6) is 0.768. The highest BCUT2D eigenvalue weighted by Crippen LogP contribution is 2.17. The van der Waals surface area contributed by atoms with E-state index in [2.05, 4.69) is 0 Å². The molecule has 0 amide bonds. The summed E-state index contributed by atoms with van der Waals surface area (Å²) >= 11 is 1.56. The van der Waals surface area contributed by atoms with E-state index in [1.54, 1.807) is 25.9 Å². The summed E-state index contributed by atoms with van der Waals surface area (Å²) in [6.07, 6.45) is 0. The highest BCUT2D eigenvalue weighted by Gasteiger charge is 2.12.